The standard InChI is InChI=1S/C20H23N3O3/c1-12-3-4-14-7-16(11-24)20(21-18(14)5-12)23-9-15(19(25)10-23)8-17-6-13(2)22-26-17/h3-7,15,19,24-25H,8-11H2,1-2H3/t15-,19-/m1/s1. The molecule has 2 atom stereocenters. The first-order chi connectivity index (χ1) is 12.5. The van der Waals surface area contributed by atoms with E-state index in [-0.39, 0.29) is 12.5 Å². The van der Waals surface area contributed by atoms with Crippen molar-refractivity contribution < 1.29 is 14.7 Å². The summed E-state index contributed by atoms with van der Waals surface area (Å²) in [6, 6.07) is 10.00. The minimum Gasteiger partial charge on any atom is -0.392 e. The lowest BCUT2D eigenvalue weighted by Gasteiger charge is -2.20. The van der Waals surface area contributed by atoms with E-state index in [2.05, 4.69) is 10.1 Å². The summed E-state index contributed by atoms with van der Waals surface area (Å²) in [6.07, 6.45) is 0.168. The van der Waals surface area contributed by atoms with Crippen LogP contribution >= 0.6 is 0 Å². The second-order valence-corrected chi connectivity index (χ2v) is 7.20. The predicted molar refractivity (Wildman–Crippen MR) is 99.1 cm³/mol. The summed E-state index contributed by atoms with van der Waals surface area (Å²) in [4.78, 5) is 6.85. The minimum atomic E-state index is -0.470. The Balaban J connectivity index is 1.62. The number of hydrogen-bond donors (Lipinski definition) is 2. The molecule has 4 rings (SSSR count). The Labute approximate surface area is 152 Å². The second kappa shape index (κ2) is 6.70. The Morgan fingerprint density at radius 1 is 1.19 bits per heavy atom. The van der Waals surface area contributed by atoms with Gasteiger partial charge in [0.05, 0.1) is 23.9 Å². The molecule has 1 aromatic carbocycles. The molecule has 0 amide bonds. The number of hydrogen-bond acceptors (Lipinski definition) is 6. The monoisotopic (exact) mass is 353 g/mol. The molecule has 0 unspecified atom stereocenters. The van der Waals surface area contributed by atoms with Crippen LogP contribution in [0.2, 0.25) is 0 Å². The number of nitrogens with zero attached hydrogens (tertiary/aromatic N) is 3. The van der Waals surface area contributed by atoms with Crippen LogP contribution in [0.3, 0.4) is 0 Å². The van der Waals surface area contributed by atoms with E-state index in [0.29, 0.717) is 19.5 Å². The van der Waals surface area contributed by atoms with Gasteiger partial charge in [-0.2, -0.15) is 0 Å². The molecule has 3 heterocycles. The number of fused-ring (bicyclic) bond motifs is 1. The summed E-state index contributed by atoms with van der Waals surface area (Å²) in [7, 11) is 0. The SMILES string of the molecule is Cc1ccc2cc(CO)c(N3C[C@@H](Cc4cc(C)no4)[C@H](O)C3)nc2c1. The van der Waals surface area contributed by atoms with Crippen LogP contribution in [0.25, 0.3) is 10.9 Å². The van der Waals surface area contributed by atoms with Crippen molar-refractivity contribution in [3.63, 3.8) is 0 Å². The van der Waals surface area contributed by atoms with E-state index in [1.54, 1.807) is 0 Å². The van der Waals surface area contributed by atoms with Gasteiger partial charge < -0.3 is 19.6 Å². The number of aliphatic hydroxyl groups excluding tert-OH is 2. The Kier molecular flexibility index (Phi) is 4.38. The molecule has 26 heavy (non-hydrogen) atoms. The van der Waals surface area contributed by atoms with E-state index < -0.39 is 6.10 Å². The van der Waals surface area contributed by atoms with Crippen LogP contribution in [0.4, 0.5) is 5.82 Å². The number of β-amino-alcohol motifs (C(OH)–C–C–N with tert-alkyl or cyclic N) is 1. The zero-order chi connectivity index (χ0) is 18.3. The van der Waals surface area contributed by atoms with Crippen LogP contribution in [0.5, 0.6) is 0 Å². The van der Waals surface area contributed by atoms with E-state index in [0.717, 1.165) is 39.3 Å². The molecule has 0 spiro atoms. The average molecular weight is 353 g/mol. The summed E-state index contributed by atoms with van der Waals surface area (Å²) < 4.78 is 5.30. The Bertz CT molecular complexity index is 937. The first-order valence-corrected chi connectivity index (χ1v) is 8.90. The zero-order valence-electron chi connectivity index (χ0n) is 15.0. The third-order valence-electron chi connectivity index (χ3n) is 5.05. The molecule has 0 saturated carbocycles. The lowest BCUT2D eigenvalue weighted by atomic mass is 10.0. The van der Waals surface area contributed by atoms with Crippen LogP contribution < -0.4 is 4.90 Å². The molecular weight excluding hydrogens is 330 g/mol. The molecule has 1 saturated heterocycles. The molecule has 2 N–H and O–H groups in total. The van der Waals surface area contributed by atoms with Gasteiger partial charge in [0.1, 0.15) is 11.6 Å². The Morgan fingerprint density at radius 2 is 2.04 bits per heavy atom. The molecule has 6 nitrogen and oxygen atoms in total. The molecule has 1 fully saturated rings. The summed E-state index contributed by atoms with van der Waals surface area (Å²) in [5, 5.41) is 25.3. The molecule has 0 radical (unpaired) electrons. The van der Waals surface area contributed by atoms with Crippen molar-refractivity contribution in [3.05, 3.63) is 52.9 Å². The van der Waals surface area contributed by atoms with Crippen LogP contribution in [0.1, 0.15) is 22.6 Å². The van der Waals surface area contributed by atoms with E-state index in [4.69, 9.17) is 9.51 Å². The van der Waals surface area contributed by atoms with Crippen molar-refractivity contribution in [2.75, 3.05) is 18.0 Å². The maximum absolute atomic E-state index is 10.5. The second-order valence-electron chi connectivity index (χ2n) is 7.20. The third kappa shape index (κ3) is 3.18. The molecule has 136 valence electrons. The number of pyridine rings is 1. The van der Waals surface area contributed by atoms with E-state index in [1.807, 2.05) is 44.2 Å². The molecule has 0 aliphatic carbocycles. The molecule has 0 bridgehead atoms. The van der Waals surface area contributed by atoms with Crippen molar-refractivity contribution >= 4 is 16.7 Å². The van der Waals surface area contributed by atoms with E-state index in [1.165, 1.54) is 0 Å². The Hall–Kier alpha value is -2.44. The molecule has 1 aliphatic heterocycles. The van der Waals surface area contributed by atoms with Crippen LogP contribution in [0, 0.1) is 19.8 Å². The number of benzene rings is 1. The average Bonchev–Trinajstić information content (AvgIpc) is 3.19. The highest BCUT2D eigenvalue weighted by Gasteiger charge is 2.34. The van der Waals surface area contributed by atoms with Gasteiger partial charge in [-0.05, 0) is 31.5 Å². The minimum absolute atomic E-state index is 0.0453. The fourth-order valence-corrected chi connectivity index (χ4v) is 3.70. The topological polar surface area (TPSA) is 82.6 Å². The van der Waals surface area contributed by atoms with Gasteiger partial charge in [-0.15, -0.1) is 0 Å². The van der Waals surface area contributed by atoms with Crippen molar-refractivity contribution in [1.82, 2.24) is 10.1 Å². The maximum atomic E-state index is 10.5. The maximum Gasteiger partial charge on any atom is 0.137 e. The van der Waals surface area contributed by atoms with Gasteiger partial charge in [0.2, 0.25) is 0 Å². The van der Waals surface area contributed by atoms with E-state index >= 15 is 0 Å². The summed E-state index contributed by atoms with van der Waals surface area (Å²) in [5.41, 5.74) is 3.68. The highest BCUT2D eigenvalue weighted by molar-refractivity contribution is 5.82. The number of aryl methyl sites for hydroxylation is 2. The third-order valence-corrected chi connectivity index (χ3v) is 5.05. The first-order valence-electron chi connectivity index (χ1n) is 8.90. The van der Waals surface area contributed by atoms with Gasteiger partial charge in [-0.3, -0.25) is 0 Å². The Morgan fingerprint density at radius 3 is 2.77 bits per heavy atom. The van der Waals surface area contributed by atoms with Crippen molar-refractivity contribution in [3.8, 4) is 0 Å². The first kappa shape index (κ1) is 17.0. The highest BCUT2D eigenvalue weighted by atomic mass is 16.5. The summed E-state index contributed by atoms with van der Waals surface area (Å²) in [6.45, 7) is 5.01. The molecule has 3 aromatic rings. The van der Waals surface area contributed by atoms with Gasteiger partial charge in [0.15, 0.2) is 0 Å². The lowest BCUT2D eigenvalue weighted by Crippen LogP contribution is -2.23. The number of anilines is 1. The zero-order valence-corrected chi connectivity index (χ0v) is 15.0. The molecule has 1 aliphatic rings. The largest absolute Gasteiger partial charge is 0.392 e. The lowest BCUT2D eigenvalue weighted by molar-refractivity contribution is 0.143. The van der Waals surface area contributed by atoms with Crippen molar-refractivity contribution in [2.45, 2.75) is 33.0 Å². The van der Waals surface area contributed by atoms with Crippen LogP contribution in [0.15, 0.2) is 34.9 Å². The van der Waals surface area contributed by atoms with Gasteiger partial charge in [0, 0.05) is 42.4 Å². The highest BCUT2D eigenvalue weighted by Crippen LogP contribution is 2.30. The van der Waals surface area contributed by atoms with Gasteiger partial charge >= 0.3 is 0 Å². The fraction of sp³-hybridized carbons (Fsp3) is 0.400. The molecule has 6 heteroatoms. The van der Waals surface area contributed by atoms with Gasteiger partial charge in [0.25, 0.3) is 0 Å². The van der Waals surface area contributed by atoms with Crippen LogP contribution in [-0.4, -0.2) is 39.5 Å². The predicted octanol–water partition coefficient (Wildman–Crippen LogP) is 2.37. The molecular formula is C20H23N3O3. The summed E-state index contributed by atoms with van der Waals surface area (Å²) >= 11 is 0. The van der Waals surface area contributed by atoms with Gasteiger partial charge in [-0.25, -0.2) is 4.98 Å². The quantitative estimate of drug-likeness (QED) is 0.749. The van der Waals surface area contributed by atoms with E-state index in [9.17, 15) is 10.2 Å². The summed E-state index contributed by atoms with van der Waals surface area (Å²) in [5.74, 6) is 1.59. The number of rotatable bonds is 4. The van der Waals surface area contributed by atoms with Gasteiger partial charge in [-0.1, -0.05) is 17.3 Å². The van der Waals surface area contributed by atoms with Crippen molar-refractivity contribution in [2.24, 2.45) is 5.92 Å². The number of aromatic nitrogens is 2. The van der Waals surface area contributed by atoms with Crippen LogP contribution in [-0.2, 0) is 13.0 Å². The molecule has 2 aromatic heterocycles. The normalized spacial score (nSPS) is 20.2. The smallest absolute Gasteiger partial charge is 0.137 e. The van der Waals surface area contributed by atoms with Crippen molar-refractivity contribution in [1.29, 1.82) is 0 Å². The fourth-order valence-electron chi connectivity index (χ4n) is 3.70. The number of aliphatic hydroxyl groups is 2.